The van der Waals surface area contributed by atoms with Crippen molar-refractivity contribution in [2.45, 2.75) is 33.3 Å². The Bertz CT molecular complexity index is 704. The third-order valence-corrected chi connectivity index (χ3v) is 3.45. The molecule has 1 heterocycles. The van der Waals surface area contributed by atoms with Crippen molar-refractivity contribution >= 4 is 29.6 Å². The summed E-state index contributed by atoms with van der Waals surface area (Å²) in [5.41, 5.74) is 1.75. The van der Waals surface area contributed by atoms with Gasteiger partial charge in [0.1, 0.15) is 10.6 Å². The summed E-state index contributed by atoms with van der Waals surface area (Å²) < 4.78 is 9.17. The molecule has 0 bridgehead atoms. The third kappa shape index (κ3) is 4.11. The highest BCUT2D eigenvalue weighted by Gasteiger charge is 2.17. The van der Waals surface area contributed by atoms with E-state index in [0.717, 1.165) is 22.7 Å². The van der Waals surface area contributed by atoms with Gasteiger partial charge in [-0.1, -0.05) is 12.1 Å². The number of carbonyl (C=O) groups excluding carboxylic acids is 2. The largest absolute Gasteiger partial charge is 0.444 e. The van der Waals surface area contributed by atoms with Gasteiger partial charge >= 0.3 is 6.09 Å². The second-order valence-corrected chi connectivity index (χ2v) is 6.48. The molecule has 0 aliphatic rings. The molecule has 0 unspecified atom stereocenters. The predicted molar refractivity (Wildman–Crippen MR) is 85.3 cm³/mol. The van der Waals surface area contributed by atoms with Gasteiger partial charge in [0.2, 0.25) is 5.82 Å². The number of aldehydes is 1. The van der Waals surface area contributed by atoms with Crippen LogP contribution in [0.15, 0.2) is 18.2 Å². The zero-order chi connectivity index (χ0) is 16.3. The monoisotopic (exact) mass is 319 g/mol. The van der Waals surface area contributed by atoms with Crippen LogP contribution in [0.4, 0.5) is 10.5 Å². The van der Waals surface area contributed by atoms with Crippen molar-refractivity contribution in [3.05, 3.63) is 29.6 Å². The zero-order valence-corrected chi connectivity index (χ0v) is 13.7. The fourth-order valence-corrected chi connectivity index (χ4v) is 2.33. The Hall–Kier alpha value is -2.28. The first-order valence-corrected chi connectivity index (χ1v) is 7.46. The normalized spacial score (nSPS) is 11.1. The number of nitrogens with one attached hydrogen (secondary N) is 1. The number of hydrogen-bond donors (Lipinski definition) is 1. The molecule has 1 N–H and O–H groups in total. The van der Waals surface area contributed by atoms with E-state index < -0.39 is 11.7 Å². The van der Waals surface area contributed by atoms with Crippen LogP contribution in [0.5, 0.6) is 0 Å². The van der Waals surface area contributed by atoms with Crippen molar-refractivity contribution in [3.63, 3.8) is 0 Å². The van der Waals surface area contributed by atoms with Crippen molar-refractivity contribution in [2.24, 2.45) is 0 Å². The van der Waals surface area contributed by atoms with E-state index in [-0.39, 0.29) is 5.82 Å². The van der Waals surface area contributed by atoms with Crippen molar-refractivity contribution in [3.8, 4) is 10.6 Å². The van der Waals surface area contributed by atoms with Gasteiger partial charge in [0, 0.05) is 11.3 Å². The number of aromatic nitrogens is 2. The lowest BCUT2D eigenvalue weighted by Gasteiger charge is -2.20. The van der Waals surface area contributed by atoms with Crippen molar-refractivity contribution in [1.82, 2.24) is 9.36 Å². The summed E-state index contributed by atoms with van der Waals surface area (Å²) in [6.45, 7) is 7.29. The van der Waals surface area contributed by atoms with E-state index in [2.05, 4.69) is 14.7 Å². The van der Waals surface area contributed by atoms with Gasteiger partial charge in [-0.3, -0.25) is 10.1 Å². The summed E-state index contributed by atoms with van der Waals surface area (Å²) in [5.74, 6) is 0.155. The highest BCUT2D eigenvalue weighted by Crippen LogP contribution is 2.27. The Morgan fingerprint density at radius 1 is 1.36 bits per heavy atom. The Kier molecular flexibility index (Phi) is 4.56. The number of rotatable bonds is 3. The molecule has 2 rings (SSSR count). The smallest absolute Gasteiger partial charge is 0.412 e. The molecule has 6 nitrogen and oxygen atoms in total. The van der Waals surface area contributed by atoms with Crippen molar-refractivity contribution in [1.29, 1.82) is 0 Å². The minimum atomic E-state index is -0.562. The number of ether oxygens (including phenoxy) is 1. The molecule has 22 heavy (non-hydrogen) atoms. The summed E-state index contributed by atoms with van der Waals surface area (Å²) in [7, 11) is 0. The van der Waals surface area contributed by atoms with E-state index in [0.29, 0.717) is 17.0 Å². The maximum Gasteiger partial charge on any atom is 0.412 e. The quantitative estimate of drug-likeness (QED) is 0.873. The second kappa shape index (κ2) is 6.23. The molecule has 1 aromatic heterocycles. The molecular weight excluding hydrogens is 302 g/mol. The number of benzene rings is 1. The summed E-state index contributed by atoms with van der Waals surface area (Å²) in [5, 5.41) is 3.34. The molecule has 116 valence electrons. The highest BCUT2D eigenvalue weighted by molar-refractivity contribution is 7.09. The number of carbonyl (C=O) groups is 2. The Morgan fingerprint density at radius 2 is 2.09 bits per heavy atom. The highest BCUT2D eigenvalue weighted by atomic mass is 32.1. The van der Waals surface area contributed by atoms with Crippen LogP contribution in [-0.4, -0.2) is 27.3 Å². The molecule has 2 aromatic rings. The summed E-state index contributed by atoms with van der Waals surface area (Å²) in [4.78, 5) is 26.6. The molecule has 0 atom stereocenters. The lowest BCUT2D eigenvalue weighted by Crippen LogP contribution is -2.27. The van der Waals surface area contributed by atoms with Crippen molar-refractivity contribution in [2.75, 3.05) is 5.32 Å². The van der Waals surface area contributed by atoms with Gasteiger partial charge in [-0.15, -0.1) is 0 Å². The second-order valence-electron chi connectivity index (χ2n) is 5.73. The molecule has 1 amide bonds. The first kappa shape index (κ1) is 16.1. The number of hydrogen-bond acceptors (Lipinski definition) is 6. The molecule has 7 heteroatoms. The van der Waals surface area contributed by atoms with Gasteiger partial charge in [0.05, 0.1) is 0 Å². The average molecular weight is 319 g/mol. The van der Waals surface area contributed by atoms with Crippen LogP contribution in [0.2, 0.25) is 0 Å². The predicted octanol–water partition coefficient (Wildman–Crippen LogP) is 3.67. The van der Waals surface area contributed by atoms with Crippen molar-refractivity contribution < 1.29 is 14.3 Å². The van der Waals surface area contributed by atoms with Gasteiger partial charge in [0.25, 0.3) is 0 Å². The third-order valence-electron chi connectivity index (χ3n) is 2.67. The lowest BCUT2D eigenvalue weighted by atomic mass is 10.1. The maximum absolute atomic E-state index is 11.9. The minimum Gasteiger partial charge on any atom is -0.444 e. The standard InChI is InChI=1S/C15H17N3O3S/c1-9-5-6-10(13-17-12(8-19)18-22-13)7-11(9)16-14(20)21-15(2,3)4/h5-8H,1-4H3,(H,16,20). The van der Waals surface area contributed by atoms with E-state index in [9.17, 15) is 9.59 Å². The fourth-order valence-electron chi connectivity index (χ4n) is 1.70. The molecule has 0 radical (unpaired) electrons. The van der Waals surface area contributed by atoms with Gasteiger partial charge in [-0.05, 0) is 50.9 Å². The average Bonchev–Trinajstić information content (AvgIpc) is 2.88. The SMILES string of the molecule is Cc1ccc(-c2nc(C=O)ns2)cc1NC(=O)OC(C)(C)C. The van der Waals surface area contributed by atoms with Crippen LogP contribution in [-0.2, 0) is 4.74 Å². The van der Waals surface area contributed by atoms with E-state index >= 15 is 0 Å². The maximum atomic E-state index is 11.9. The van der Waals surface area contributed by atoms with Crippen LogP contribution in [0, 0.1) is 6.92 Å². The first-order chi connectivity index (χ1) is 10.3. The van der Waals surface area contributed by atoms with E-state index in [4.69, 9.17) is 4.74 Å². The number of nitrogens with zero attached hydrogens (tertiary/aromatic N) is 2. The molecule has 0 aliphatic carbocycles. The van der Waals surface area contributed by atoms with Gasteiger partial charge in [-0.25, -0.2) is 9.78 Å². The molecule has 0 fully saturated rings. The van der Waals surface area contributed by atoms with Gasteiger partial charge in [0.15, 0.2) is 6.29 Å². The van der Waals surface area contributed by atoms with Crippen LogP contribution in [0.1, 0.15) is 37.0 Å². The van der Waals surface area contributed by atoms with E-state index in [1.54, 1.807) is 26.8 Å². The van der Waals surface area contributed by atoms with Crippen LogP contribution >= 0.6 is 11.5 Å². The zero-order valence-electron chi connectivity index (χ0n) is 12.8. The lowest BCUT2D eigenvalue weighted by molar-refractivity contribution is 0.0635. The summed E-state index contributed by atoms with van der Waals surface area (Å²) >= 11 is 1.13. The summed E-state index contributed by atoms with van der Waals surface area (Å²) in [6, 6.07) is 5.52. The molecular formula is C15H17N3O3S. The molecule has 0 saturated heterocycles. The Labute approximate surface area is 132 Å². The van der Waals surface area contributed by atoms with Crippen LogP contribution in [0.3, 0.4) is 0 Å². The van der Waals surface area contributed by atoms with Crippen LogP contribution < -0.4 is 5.32 Å². The number of amides is 1. The molecule has 0 saturated carbocycles. The number of aryl methyl sites for hydroxylation is 1. The van der Waals surface area contributed by atoms with E-state index in [1.807, 2.05) is 19.1 Å². The minimum absolute atomic E-state index is 0.155. The molecule has 1 aromatic carbocycles. The van der Waals surface area contributed by atoms with E-state index in [1.165, 1.54) is 0 Å². The molecule has 0 spiro atoms. The number of anilines is 1. The van der Waals surface area contributed by atoms with Gasteiger partial charge < -0.3 is 4.74 Å². The summed E-state index contributed by atoms with van der Waals surface area (Å²) in [6.07, 6.45) is 0.0900. The Morgan fingerprint density at radius 3 is 2.68 bits per heavy atom. The van der Waals surface area contributed by atoms with Crippen LogP contribution in [0.25, 0.3) is 10.6 Å². The fraction of sp³-hybridized carbons (Fsp3) is 0.333. The Balaban J connectivity index is 2.23. The topological polar surface area (TPSA) is 81.2 Å². The first-order valence-electron chi connectivity index (χ1n) is 6.68. The van der Waals surface area contributed by atoms with Gasteiger partial charge in [-0.2, -0.15) is 4.37 Å². The molecule has 0 aliphatic heterocycles.